The molecule has 0 saturated heterocycles. The second-order valence-electron chi connectivity index (χ2n) is 5.26. The fraction of sp³-hybridized carbons (Fsp3) is 0.600. The van der Waals surface area contributed by atoms with E-state index in [1.807, 2.05) is 6.07 Å². The molecule has 17 heavy (non-hydrogen) atoms. The lowest BCUT2D eigenvalue weighted by molar-refractivity contribution is 0.271. The van der Waals surface area contributed by atoms with Crippen LogP contribution in [0.5, 0.6) is 5.75 Å². The zero-order valence-electron chi connectivity index (χ0n) is 11.6. The average molecular weight is 235 g/mol. The summed E-state index contributed by atoms with van der Waals surface area (Å²) >= 11 is 0. The largest absolute Gasteiger partial charge is 0.493 e. The molecule has 2 nitrogen and oxygen atoms in total. The maximum absolute atomic E-state index is 5.73. The van der Waals surface area contributed by atoms with Crippen LogP contribution in [0.25, 0.3) is 0 Å². The Kier molecular flexibility index (Phi) is 6.06. The van der Waals surface area contributed by atoms with Crippen molar-refractivity contribution in [3.05, 3.63) is 29.8 Å². The Labute approximate surface area is 106 Å². The minimum Gasteiger partial charge on any atom is -0.493 e. The lowest BCUT2D eigenvalue weighted by atomic mass is 10.1. The van der Waals surface area contributed by atoms with Gasteiger partial charge < -0.3 is 9.64 Å². The minimum atomic E-state index is 0.576. The number of ether oxygens (including phenoxy) is 1. The van der Waals surface area contributed by atoms with Crippen molar-refractivity contribution in [2.75, 3.05) is 27.2 Å². The molecule has 0 aliphatic carbocycles. The number of benzene rings is 1. The highest BCUT2D eigenvalue weighted by atomic mass is 16.5. The second-order valence-corrected chi connectivity index (χ2v) is 5.26. The molecule has 0 atom stereocenters. The van der Waals surface area contributed by atoms with Crippen LogP contribution in [0, 0.1) is 5.92 Å². The van der Waals surface area contributed by atoms with Gasteiger partial charge in [-0.2, -0.15) is 0 Å². The highest BCUT2D eigenvalue weighted by Gasteiger charge is 1.99. The molecule has 0 aromatic heterocycles. The molecule has 0 heterocycles. The molecule has 1 aromatic carbocycles. The molecule has 0 aliphatic heterocycles. The van der Waals surface area contributed by atoms with E-state index in [2.05, 4.69) is 51.0 Å². The third-order valence-electron chi connectivity index (χ3n) is 2.55. The molecule has 96 valence electrons. The predicted octanol–water partition coefficient (Wildman–Crippen LogP) is 3.22. The Morgan fingerprint density at radius 2 is 2.00 bits per heavy atom. The van der Waals surface area contributed by atoms with Gasteiger partial charge in [0.25, 0.3) is 0 Å². The number of rotatable bonds is 7. The molecule has 0 saturated carbocycles. The van der Waals surface area contributed by atoms with Gasteiger partial charge >= 0.3 is 0 Å². The van der Waals surface area contributed by atoms with Crippen LogP contribution < -0.4 is 4.74 Å². The van der Waals surface area contributed by atoms with Crippen molar-refractivity contribution < 1.29 is 4.74 Å². The lowest BCUT2D eigenvalue weighted by Crippen LogP contribution is -2.13. The van der Waals surface area contributed by atoms with Crippen molar-refractivity contribution in [2.24, 2.45) is 5.92 Å². The van der Waals surface area contributed by atoms with Crippen molar-refractivity contribution in [3.63, 3.8) is 0 Å². The standard InChI is InChI=1S/C15H25NO/c1-13(2)12-17-15-9-5-7-14(11-15)8-6-10-16(3)4/h5,7,9,11,13H,6,8,10,12H2,1-4H3. The Balaban J connectivity index is 2.42. The van der Waals surface area contributed by atoms with E-state index in [4.69, 9.17) is 4.74 Å². The van der Waals surface area contributed by atoms with Crippen LogP contribution >= 0.6 is 0 Å². The molecule has 0 unspecified atom stereocenters. The first-order valence-electron chi connectivity index (χ1n) is 6.44. The zero-order chi connectivity index (χ0) is 12.7. The quantitative estimate of drug-likeness (QED) is 0.719. The molecule has 0 radical (unpaired) electrons. The molecular formula is C15H25NO. The summed E-state index contributed by atoms with van der Waals surface area (Å²) in [6.45, 7) is 6.26. The number of hydrogen-bond donors (Lipinski definition) is 0. The van der Waals surface area contributed by atoms with Crippen molar-refractivity contribution in [1.29, 1.82) is 0 Å². The first-order chi connectivity index (χ1) is 8.08. The molecule has 1 aromatic rings. The van der Waals surface area contributed by atoms with Crippen LogP contribution in [0.3, 0.4) is 0 Å². The van der Waals surface area contributed by atoms with E-state index < -0.39 is 0 Å². The van der Waals surface area contributed by atoms with E-state index in [0.29, 0.717) is 5.92 Å². The highest BCUT2D eigenvalue weighted by molar-refractivity contribution is 5.28. The van der Waals surface area contributed by atoms with E-state index in [1.54, 1.807) is 0 Å². The Morgan fingerprint density at radius 1 is 1.24 bits per heavy atom. The number of nitrogens with zero attached hydrogens (tertiary/aromatic N) is 1. The SMILES string of the molecule is CC(C)COc1cccc(CCCN(C)C)c1. The van der Waals surface area contributed by atoms with E-state index in [9.17, 15) is 0 Å². The fourth-order valence-corrected chi connectivity index (χ4v) is 1.65. The summed E-state index contributed by atoms with van der Waals surface area (Å²) in [5.74, 6) is 1.58. The van der Waals surface area contributed by atoms with Crippen molar-refractivity contribution in [2.45, 2.75) is 26.7 Å². The summed E-state index contributed by atoms with van der Waals surface area (Å²) in [5.41, 5.74) is 1.37. The van der Waals surface area contributed by atoms with Gasteiger partial charge in [-0.1, -0.05) is 26.0 Å². The van der Waals surface area contributed by atoms with Crippen molar-refractivity contribution in [3.8, 4) is 5.75 Å². The van der Waals surface area contributed by atoms with Gasteiger partial charge in [0, 0.05) is 0 Å². The zero-order valence-corrected chi connectivity index (χ0v) is 11.6. The van der Waals surface area contributed by atoms with Gasteiger partial charge in [0.1, 0.15) is 5.75 Å². The predicted molar refractivity (Wildman–Crippen MR) is 73.7 cm³/mol. The Hall–Kier alpha value is -1.02. The number of aryl methyl sites for hydroxylation is 1. The summed E-state index contributed by atoms with van der Waals surface area (Å²) in [4.78, 5) is 2.22. The smallest absolute Gasteiger partial charge is 0.119 e. The average Bonchev–Trinajstić information content (AvgIpc) is 2.26. The van der Waals surface area contributed by atoms with E-state index >= 15 is 0 Å². The van der Waals surface area contributed by atoms with Gasteiger partial charge in [0.05, 0.1) is 6.61 Å². The van der Waals surface area contributed by atoms with Crippen LogP contribution in [-0.2, 0) is 6.42 Å². The molecule has 2 heteroatoms. The summed E-state index contributed by atoms with van der Waals surface area (Å²) in [6, 6.07) is 8.47. The van der Waals surface area contributed by atoms with Crippen molar-refractivity contribution >= 4 is 0 Å². The first-order valence-corrected chi connectivity index (χ1v) is 6.44. The third kappa shape index (κ3) is 6.32. The van der Waals surface area contributed by atoms with Gasteiger partial charge in [0.15, 0.2) is 0 Å². The maximum Gasteiger partial charge on any atom is 0.119 e. The molecule has 0 aliphatic rings. The summed E-state index contributed by atoms with van der Waals surface area (Å²) in [5, 5.41) is 0. The molecule has 0 fully saturated rings. The topological polar surface area (TPSA) is 12.5 Å². The molecular weight excluding hydrogens is 210 g/mol. The van der Waals surface area contributed by atoms with E-state index in [1.165, 1.54) is 12.0 Å². The second kappa shape index (κ2) is 7.33. The monoisotopic (exact) mass is 235 g/mol. The van der Waals surface area contributed by atoms with Crippen LogP contribution in [-0.4, -0.2) is 32.1 Å². The van der Waals surface area contributed by atoms with Crippen LogP contribution in [0.1, 0.15) is 25.8 Å². The van der Waals surface area contributed by atoms with Gasteiger partial charge in [-0.3, -0.25) is 0 Å². The fourth-order valence-electron chi connectivity index (χ4n) is 1.65. The third-order valence-corrected chi connectivity index (χ3v) is 2.55. The van der Waals surface area contributed by atoms with E-state index in [0.717, 1.165) is 25.3 Å². The first kappa shape index (κ1) is 14.0. The Bertz CT molecular complexity index is 320. The Morgan fingerprint density at radius 3 is 2.65 bits per heavy atom. The minimum absolute atomic E-state index is 0.576. The molecule has 0 spiro atoms. The lowest BCUT2D eigenvalue weighted by Gasteiger charge is -2.11. The molecule has 0 N–H and O–H groups in total. The highest BCUT2D eigenvalue weighted by Crippen LogP contribution is 2.15. The van der Waals surface area contributed by atoms with Crippen LogP contribution in [0.4, 0.5) is 0 Å². The van der Waals surface area contributed by atoms with Crippen LogP contribution in [0.15, 0.2) is 24.3 Å². The van der Waals surface area contributed by atoms with Crippen molar-refractivity contribution in [1.82, 2.24) is 4.90 Å². The molecule has 1 rings (SSSR count). The summed E-state index contributed by atoms with van der Waals surface area (Å²) < 4.78 is 5.73. The van der Waals surface area contributed by atoms with Gasteiger partial charge in [-0.25, -0.2) is 0 Å². The van der Waals surface area contributed by atoms with Gasteiger partial charge in [-0.15, -0.1) is 0 Å². The molecule has 0 bridgehead atoms. The summed E-state index contributed by atoms with van der Waals surface area (Å²) in [6.07, 6.45) is 2.32. The maximum atomic E-state index is 5.73. The number of hydrogen-bond acceptors (Lipinski definition) is 2. The van der Waals surface area contributed by atoms with Gasteiger partial charge in [-0.05, 0) is 57.1 Å². The van der Waals surface area contributed by atoms with Crippen LogP contribution in [0.2, 0.25) is 0 Å². The van der Waals surface area contributed by atoms with Gasteiger partial charge in [0.2, 0.25) is 0 Å². The normalized spacial score (nSPS) is 11.2. The van der Waals surface area contributed by atoms with E-state index in [-0.39, 0.29) is 0 Å². The summed E-state index contributed by atoms with van der Waals surface area (Å²) in [7, 11) is 4.23. The molecule has 0 amide bonds.